The smallest absolute Gasteiger partial charge is 0.341 e. The maximum Gasteiger partial charge on any atom is 0.341 e. The first-order valence-electron chi connectivity index (χ1n) is 6.68. The molecular formula is C13H21Cl2N3O3S. The van der Waals surface area contributed by atoms with E-state index in [0.717, 1.165) is 26.2 Å². The molecule has 0 spiro atoms. The molecule has 1 aliphatic heterocycles. The normalized spacial score (nSPS) is 14.4. The second-order valence-electron chi connectivity index (χ2n) is 4.46. The molecule has 1 aliphatic rings. The van der Waals surface area contributed by atoms with Gasteiger partial charge in [0.1, 0.15) is 5.00 Å². The Bertz CT molecular complexity index is 479. The molecule has 1 amide bonds. The van der Waals surface area contributed by atoms with Gasteiger partial charge in [-0.3, -0.25) is 9.69 Å². The number of nitrogens with one attached hydrogen (secondary N) is 2. The molecule has 1 fully saturated rings. The number of esters is 1. The fourth-order valence-corrected chi connectivity index (χ4v) is 2.81. The van der Waals surface area contributed by atoms with Crippen LogP contribution in [0.15, 0.2) is 11.4 Å². The Morgan fingerprint density at radius 3 is 2.68 bits per heavy atom. The van der Waals surface area contributed by atoms with Gasteiger partial charge in [-0.15, -0.1) is 36.2 Å². The number of nitrogens with zero attached hydrogens (tertiary/aromatic N) is 1. The van der Waals surface area contributed by atoms with Crippen LogP contribution in [0.2, 0.25) is 0 Å². The van der Waals surface area contributed by atoms with Crippen LogP contribution in [0.1, 0.15) is 17.3 Å². The minimum atomic E-state index is -0.397. The summed E-state index contributed by atoms with van der Waals surface area (Å²) in [5.41, 5.74) is 0.422. The van der Waals surface area contributed by atoms with Gasteiger partial charge in [-0.05, 0) is 18.4 Å². The monoisotopic (exact) mass is 369 g/mol. The van der Waals surface area contributed by atoms with Crippen molar-refractivity contribution in [3.63, 3.8) is 0 Å². The molecule has 126 valence electrons. The first-order chi connectivity index (χ1) is 9.70. The number of amides is 1. The third-order valence-corrected chi connectivity index (χ3v) is 3.82. The summed E-state index contributed by atoms with van der Waals surface area (Å²) in [7, 11) is 0. The summed E-state index contributed by atoms with van der Waals surface area (Å²) in [6, 6.07) is 1.67. The van der Waals surface area contributed by atoms with Crippen LogP contribution in [-0.2, 0) is 9.53 Å². The number of hydrogen-bond acceptors (Lipinski definition) is 6. The van der Waals surface area contributed by atoms with Crippen molar-refractivity contribution in [2.45, 2.75) is 6.92 Å². The van der Waals surface area contributed by atoms with Gasteiger partial charge in [-0.25, -0.2) is 4.79 Å². The molecule has 0 radical (unpaired) electrons. The summed E-state index contributed by atoms with van der Waals surface area (Å²) in [6.07, 6.45) is 0. The molecule has 2 N–H and O–H groups in total. The van der Waals surface area contributed by atoms with Crippen LogP contribution in [-0.4, -0.2) is 56.1 Å². The lowest BCUT2D eigenvalue weighted by molar-refractivity contribution is -0.117. The van der Waals surface area contributed by atoms with Crippen molar-refractivity contribution >= 4 is 53.0 Å². The van der Waals surface area contributed by atoms with E-state index in [0.29, 0.717) is 23.7 Å². The molecule has 0 unspecified atom stereocenters. The van der Waals surface area contributed by atoms with Crippen LogP contribution < -0.4 is 10.6 Å². The van der Waals surface area contributed by atoms with Crippen molar-refractivity contribution in [1.29, 1.82) is 0 Å². The van der Waals surface area contributed by atoms with Crippen molar-refractivity contribution in [3.8, 4) is 0 Å². The molecule has 1 saturated heterocycles. The predicted molar refractivity (Wildman–Crippen MR) is 92.7 cm³/mol. The maximum atomic E-state index is 12.0. The van der Waals surface area contributed by atoms with Gasteiger partial charge in [-0.2, -0.15) is 0 Å². The zero-order valence-electron chi connectivity index (χ0n) is 12.3. The highest BCUT2D eigenvalue weighted by molar-refractivity contribution is 7.14. The molecule has 0 saturated carbocycles. The molecule has 22 heavy (non-hydrogen) atoms. The van der Waals surface area contributed by atoms with E-state index < -0.39 is 5.97 Å². The maximum absolute atomic E-state index is 12.0. The predicted octanol–water partition coefficient (Wildman–Crippen LogP) is 1.61. The summed E-state index contributed by atoms with van der Waals surface area (Å²) in [5.74, 6) is -0.494. The second kappa shape index (κ2) is 10.8. The number of carbonyl (C=O) groups is 2. The Balaban J connectivity index is 0.00000220. The van der Waals surface area contributed by atoms with Gasteiger partial charge in [0.15, 0.2) is 0 Å². The SMILES string of the molecule is CCOC(=O)c1ccsc1NC(=O)CN1CCNCC1.Cl.Cl. The van der Waals surface area contributed by atoms with Gasteiger partial charge in [0, 0.05) is 26.2 Å². The molecule has 0 aromatic carbocycles. The minimum Gasteiger partial charge on any atom is -0.462 e. The largest absolute Gasteiger partial charge is 0.462 e. The Morgan fingerprint density at radius 1 is 1.36 bits per heavy atom. The lowest BCUT2D eigenvalue weighted by Gasteiger charge is -2.26. The number of anilines is 1. The Labute approximate surface area is 146 Å². The standard InChI is InChI=1S/C13H19N3O3S.2ClH/c1-2-19-13(18)10-3-8-20-12(10)15-11(17)9-16-6-4-14-5-7-16;;/h3,8,14H,2,4-7,9H2,1H3,(H,15,17);2*1H. The summed E-state index contributed by atoms with van der Waals surface area (Å²) in [6.45, 7) is 5.96. The van der Waals surface area contributed by atoms with E-state index in [-0.39, 0.29) is 30.7 Å². The number of hydrogen-bond donors (Lipinski definition) is 2. The van der Waals surface area contributed by atoms with Crippen LogP contribution in [0, 0.1) is 0 Å². The van der Waals surface area contributed by atoms with Gasteiger partial charge in [0.2, 0.25) is 5.91 Å². The van der Waals surface area contributed by atoms with Gasteiger partial charge in [0.25, 0.3) is 0 Å². The molecule has 9 heteroatoms. The molecule has 1 aromatic heterocycles. The van der Waals surface area contributed by atoms with Crippen molar-refractivity contribution in [2.75, 3.05) is 44.6 Å². The first-order valence-corrected chi connectivity index (χ1v) is 7.56. The molecule has 0 atom stereocenters. The summed E-state index contributed by atoms with van der Waals surface area (Å²) < 4.78 is 4.96. The number of thiophene rings is 1. The van der Waals surface area contributed by atoms with E-state index in [1.165, 1.54) is 11.3 Å². The topological polar surface area (TPSA) is 70.7 Å². The molecule has 2 heterocycles. The van der Waals surface area contributed by atoms with E-state index in [9.17, 15) is 9.59 Å². The van der Waals surface area contributed by atoms with E-state index in [1.54, 1.807) is 18.4 Å². The average Bonchev–Trinajstić information content (AvgIpc) is 2.88. The van der Waals surface area contributed by atoms with Gasteiger partial charge in [0.05, 0.1) is 18.7 Å². The molecular weight excluding hydrogens is 349 g/mol. The molecule has 0 bridgehead atoms. The van der Waals surface area contributed by atoms with E-state index in [1.807, 2.05) is 0 Å². The van der Waals surface area contributed by atoms with Crippen LogP contribution in [0.25, 0.3) is 0 Å². The summed E-state index contributed by atoms with van der Waals surface area (Å²) in [4.78, 5) is 25.8. The van der Waals surface area contributed by atoms with Gasteiger partial charge >= 0.3 is 5.97 Å². The van der Waals surface area contributed by atoms with Crippen molar-refractivity contribution in [3.05, 3.63) is 17.0 Å². The zero-order valence-corrected chi connectivity index (χ0v) is 14.7. The van der Waals surface area contributed by atoms with Crippen molar-refractivity contribution < 1.29 is 14.3 Å². The zero-order chi connectivity index (χ0) is 14.4. The van der Waals surface area contributed by atoms with Crippen LogP contribution in [0.5, 0.6) is 0 Å². The molecule has 1 aromatic rings. The van der Waals surface area contributed by atoms with Crippen LogP contribution >= 0.6 is 36.2 Å². The van der Waals surface area contributed by atoms with E-state index in [2.05, 4.69) is 15.5 Å². The number of ether oxygens (including phenoxy) is 1. The quantitative estimate of drug-likeness (QED) is 0.771. The van der Waals surface area contributed by atoms with E-state index in [4.69, 9.17) is 4.74 Å². The van der Waals surface area contributed by atoms with Crippen molar-refractivity contribution in [2.24, 2.45) is 0 Å². The van der Waals surface area contributed by atoms with Crippen LogP contribution in [0.3, 0.4) is 0 Å². The first kappa shape index (κ1) is 21.1. The molecule has 6 nitrogen and oxygen atoms in total. The lowest BCUT2D eigenvalue weighted by Crippen LogP contribution is -2.46. The highest BCUT2D eigenvalue weighted by atomic mass is 35.5. The lowest BCUT2D eigenvalue weighted by atomic mass is 10.3. The third-order valence-electron chi connectivity index (χ3n) is 2.99. The highest BCUT2D eigenvalue weighted by Crippen LogP contribution is 2.24. The van der Waals surface area contributed by atoms with Crippen molar-refractivity contribution in [1.82, 2.24) is 10.2 Å². The Morgan fingerprint density at radius 2 is 2.05 bits per heavy atom. The number of rotatable bonds is 5. The second-order valence-corrected chi connectivity index (χ2v) is 5.37. The summed E-state index contributed by atoms with van der Waals surface area (Å²) in [5, 5.41) is 8.36. The number of carbonyl (C=O) groups excluding carboxylic acids is 2. The number of piperazine rings is 1. The Kier molecular flexibility index (Phi) is 10.4. The number of halogens is 2. The molecule has 0 aliphatic carbocycles. The van der Waals surface area contributed by atoms with Gasteiger partial charge < -0.3 is 15.4 Å². The molecule has 2 rings (SSSR count). The third kappa shape index (κ3) is 6.10. The van der Waals surface area contributed by atoms with Crippen LogP contribution in [0.4, 0.5) is 5.00 Å². The Hall–Kier alpha value is -0.860. The van der Waals surface area contributed by atoms with Gasteiger partial charge in [-0.1, -0.05) is 0 Å². The fraction of sp³-hybridized carbons (Fsp3) is 0.538. The minimum absolute atomic E-state index is 0. The fourth-order valence-electron chi connectivity index (χ4n) is 2.01. The summed E-state index contributed by atoms with van der Waals surface area (Å²) >= 11 is 1.33. The van der Waals surface area contributed by atoms with E-state index >= 15 is 0 Å². The average molecular weight is 370 g/mol. The highest BCUT2D eigenvalue weighted by Gasteiger charge is 2.18.